The summed E-state index contributed by atoms with van der Waals surface area (Å²) < 4.78 is 0. The number of unbranched alkanes of at least 4 members (excludes halogenated alkanes) is 1. The molecule has 0 aromatic heterocycles. The molecule has 240 valence electrons. The van der Waals surface area contributed by atoms with Gasteiger partial charge in [-0.15, -0.1) is 0 Å². The van der Waals surface area contributed by atoms with E-state index in [1.165, 1.54) is 83.0 Å². The molecule has 0 spiro atoms. The van der Waals surface area contributed by atoms with Crippen LogP contribution < -0.4 is 5.09 Å². The van der Waals surface area contributed by atoms with Crippen LogP contribution >= 0.6 is 26.6 Å². The van der Waals surface area contributed by atoms with E-state index in [0.717, 1.165) is 6.54 Å². The Morgan fingerprint density at radius 3 is 1.13 bits per heavy atom. The van der Waals surface area contributed by atoms with Crippen LogP contribution in [-0.2, 0) is 0 Å². The standard InChI is InChI=1S/C22H30NP.C18H20ClP.CH4/c1-4-5-16-23-24-21(19-10-6-17(2)7-11-19)14-15-22(24)20-12-8-18(3)9-13-20;1-13-3-7-15(8-4-13)17-11-12-18(20(17)19)16-9-5-14(2)6-10-16;/h6-13,21-23H,4-5,14-16H2,1-3H3;3-10,17-18H,11-12H2,1-2H3;1H4/t21-,22-;17-,18-;/m00./s1. The van der Waals surface area contributed by atoms with Gasteiger partial charge in [-0.2, -0.15) is 0 Å². The van der Waals surface area contributed by atoms with Gasteiger partial charge in [-0.3, -0.25) is 5.09 Å². The van der Waals surface area contributed by atoms with Gasteiger partial charge in [0.1, 0.15) is 0 Å². The monoisotopic (exact) mass is 657 g/mol. The van der Waals surface area contributed by atoms with Crippen LogP contribution in [0.25, 0.3) is 0 Å². The second-order valence-electron chi connectivity index (χ2n) is 12.9. The zero-order chi connectivity index (χ0) is 31.1. The van der Waals surface area contributed by atoms with Crippen LogP contribution in [0.3, 0.4) is 0 Å². The molecule has 4 heteroatoms. The predicted octanol–water partition coefficient (Wildman–Crippen LogP) is 13.8. The largest absolute Gasteiger partial charge is 0.295 e. The Morgan fingerprint density at radius 1 is 0.533 bits per heavy atom. The van der Waals surface area contributed by atoms with Crippen LogP contribution in [0, 0.1) is 27.7 Å². The molecule has 0 radical (unpaired) electrons. The molecule has 0 bridgehead atoms. The van der Waals surface area contributed by atoms with Gasteiger partial charge < -0.3 is 0 Å². The van der Waals surface area contributed by atoms with Gasteiger partial charge in [0, 0.05) is 29.9 Å². The molecule has 6 rings (SSSR count). The molecule has 1 N–H and O–H groups in total. The molecule has 1 nitrogen and oxygen atoms in total. The van der Waals surface area contributed by atoms with Crippen molar-refractivity contribution in [1.29, 1.82) is 0 Å². The van der Waals surface area contributed by atoms with E-state index in [-0.39, 0.29) is 15.5 Å². The van der Waals surface area contributed by atoms with Gasteiger partial charge in [-0.1, -0.05) is 151 Å². The fraction of sp³-hybridized carbons (Fsp3) is 0.415. The summed E-state index contributed by atoms with van der Waals surface area (Å²) in [6, 6.07) is 36.4. The van der Waals surface area contributed by atoms with Gasteiger partial charge in [0.15, 0.2) is 0 Å². The summed E-state index contributed by atoms with van der Waals surface area (Å²) >= 11 is 6.86. The third kappa shape index (κ3) is 9.30. The first-order valence-corrected chi connectivity index (χ1v) is 20.4. The van der Waals surface area contributed by atoms with E-state index < -0.39 is 7.27 Å². The van der Waals surface area contributed by atoms with E-state index in [0.29, 0.717) is 22.6 Å². The summed E-state index contributed by atoms with van der Waals surface area (Å²) in [6.07, 6.45) is 7.60. The molecule has 45 heavy (non-hydrogen) atoms. The highest BCUT2D eigenvalue weighted by Gasteiger charge is 2.38. The number of benzene rings is 4. The Hall–Kier alpha value is -2.01. The van der Waals surface area contributed by atoms with E-state index in [2.05, 4.69) is 137 Å². The van der Waals surface area contributed by atoms with Crippen molar-refractivity contribution in [1.82, 2.24) is 5.09 Å². The minimum atomic E-state index is -0.491. The number of aryl methyl sites for hydroxylation is 4. The molecular formula is C41H54ClNP2. The van der Waals surface area contributed by atoms with Gasteiger partial charge in [0.2, 0.25) is 0 Å². The lowest BCUT2D eigenvalue weighted by Crippen LogP contribution is -2.13. The van der Waals surface area contributed by atoms with Crippen molar-refractivity contribution in [3.63, 3.8) is 0 Å². The van der Waals surface area contributed by atoms with E-state index in [1.54, 1.807) is 0 Å². The minimum absolute atomic E-state index is 0. The highest BCUT2D eigenvalue weighted by molar-refractivity contribution is 7.84. The number of rotatable bonds is 8. The average Bonchev–Trinajstić information content (AvgIpc) is 3.63. The predicted molar refractivity (Wildman–Crippen MR) is 203 cm³/mol. The fourth-order valence-electron chi connectivity index (χ4n) is 6.62. The van der Waals surface area contributed by atoms with Crippen molar-refractivity contribution in [2.75, 3.05) is 6.54 Å². The Kier molecular flexibility index (Phi) is 13.7. The van der Waals surface area contributed by atoms with Crippen LogP contribution in [0.2, 0.25) is 0 Å². The van der Waals surface area contributed by atoms with E-state index in [9.17, 15) is 0 Å². The van der Waals surface area contributed by atoms with Crippen molar-refractivity contribution in [3.8, 4) is 0 Å². The topological polar surface area (TPSA) is 12.0 Å². The summed E-state index contributed by atoms with van der Waals surface area (Å²) in [6.45, 7) is 12.1. The molecule has 4 aromatic carbocycles. The number of hydrogen-bond donors (Lipinski definition) is 1. The Morgan fingerprint density at radius 2 is 0.822 bits per heavy atom. The van der Waals surface area contributed by atoms with Crippen molar-refractivity contribution in [2.24, 2.45) is 0 Å². The zero-order valence-corrected chi connectivity index (χ0v) is 29.8. The first-order valence-electron chi connectivity index (χ1n) is 16.6. The average molecular weight is 658 g/mol. The second kappa shape index (κ2) is 17.2. The van der Waals surface area contributed by atoms with Gasteiger partial charge in [-0.05, 0) is 96.7 Å². The maximum absolute atomic E-state index is 6.86. The summed E-state index contributed by atoms with van der Waals surface area (Å²) in [7, 11) is -0.697. The summed E-state index contributed by atoms with van der Waals surface area (Å²) in [5.74, 6) is 0. The van der Waals surface area contributed by atoms with Gasteiger partial charge >= 0.3 is 0 Å². The molecule has 4 aromatic rings. The van der Waals surface area contributed by atoms with Crippen molar-refractivity contribution >= 4 is 26.6 Å². The van der Waals surface area contributed by atoms with Crippen LogP contribution in [-0.4, -0.2) is 6.54 Å². The van der Waals surface area contributed by atoms with E-state index in [1.807, 2.05) is 0 Å². The van der Waals surface area contributed by atoms with Crippen LogP contribution in [0.5, 0.6) is 0 Å². The molecule has 2 heterocycles. The molecular weight excluding hydrogens is 604 g/mol. The lowest BCUT2D eigenvalue weighted by Gasteiger charge is -2.27. The molecule has 0 amide bonds. The van der Waals surface area contributed by atoms with E-state index >= 15 is 0 Å². The smallest absolute Gasteiger partial charge is 0.0186 e. The number of nitrogens with one attached hydrogen (secondary N) is 1. The molecule has 0 aliphatic carbocycles. The van der Waals surface area contributed by atoms with Gasteiger partial charge in [-0.25, -0.2) is 0 Å². The first-order chi connectivity index (χ1) is 21.3. The first kappa shape index (κ1) is 35.8. The number of hydrogen-bond acceptors (Lipinski definition) is 1. The third-order valence-corrected chi connectivity index (χ3v) is 16.1. The third-order valence-electron chi connectivity index (χ3n) is 9.37. The summed E-state index contributed by atoms with van der Waals surface area (Å²) in [5, 5.41) is 3.97. The second-order valence-corrected chi connectivity index (χ2v) is 18.4. The van der Waals surface area contributed by atoms with Crippen LogP contribution in [0.1, 0.15) is 120 Å². The molecule has 4 atom stereocenters. The zero-order valence-electron chi connectivity index (χ0n) is 27.3. The van der Waals surface area contributed by atoms with Crippen LogP contribution in [0.4, 0.5) is 0 Å². The lowest BCUT2D eigenvalue weighted by atomic mass is 10.0. The Bertz CT molecular complexity index is 1330. The lowest BCUT2D eigenvalue weighted by molar-refractivity contribution is 0.764. The summed E-state index contributed by atoms with van der Waals surface area (Å²) in [4.78, 5) is 0. The molecule has 2 saturated heterocycles. The van der Waals surface area contributed by atoms with E-state index in [4.69, 9.17) is 11.2 Å². The normalized spacial score (nSPS) is 21.6. The summed E-state index contributed by atoms with van der Waals surface area (Å²) in [5.41, 5.74) is 13.8. The molecule has 2 fully saturated rings. The molecule has 2 aliphatic rings. The number of halogens is 1. The van der Waals surface area contributed by atoms with Crippen molar-refractivity contribution in [3.05, 3.63) is 142 Å². The van der Waals surface area contributed by atoms with Gasteiger partial charge in [0.05, 0.1) is 0 Å². The van der Waals surface area contributed by atoms with Gasteiger partial charge in [0.25, 0.3) is 0 Å². The maximum Gasteiger partial charge on any atom is 0.0186 e. The molecule has 0 unspecified atom stereocenters. The van der Waals surface area contributed by atoms with Crippen molar-refractivity contribution < 1.29 is 0 Å². The SMILES string of the molecule is C.CCCCNP1[C@H](c2ccc(C)cc2)CC[C@H]1c1ccc(C)cc1.Cc1ccc([C@@H]2CC[C@@H](c3ccc(C)cc3)P2Cl)cc1. The highest BCUT2D eigenvalue weighted by Crippen LogP contribution is 2.73. The Labute approximate surface area is 282 Å². The molecule has 0 saturated carbocycles. The molecule has 2 aliphatic heterocycles. The quantitative estimate of drug-likeness (QED) is 0.147. The maximum atomic E-state index is 6.86. The fourth-order valence-corrected chi connectivity index (χ4v) is 13.2. The van der Waals surface area contributed by atoms with Crippen molar-refractivity contribution in [2.45, 2.75) is 103 Å². The Balaban J connectivity index is 0.000000203. The highest BCUT2D eigenvalue weighted by atomic mass is 35.7. The van der Waals surface area contributed by atoms with Crippen LogP contribution in [0.15, 0.2) is 97.1 Å². The minimum Gasteiger partial charge on any atom is -0.295 e.